The Morgan fingerprint density at radius 1 is 1.42 bits per heavy atom. The smallest absolute Gasteiger partial charge is 0.236 e. The highest BCUT2D eigenvalue weighted by molar-refractivity contribution is 7.99. The summed E-state index contributed by atoms with van der Waals surface area (Å²) in [6.07, 6.45) is 1.66. The quantitative estimate of drug-likeness (QED) is 0.560. The van der Waals surface area contributed by atoms with Gasteiger partial charge in [0, 0.05) is 18.3 Å². The lowest BCUT2D eigenvalue weighted by Gasteiger charge is -2.07. The zero-order chi connectivity index (χ0) is 18.5. The third-order valence-corrected chi connectivity index (χ3v) is 5.08. The number of carbonyl (C=O) groups excluding carboxylic acids is 2. The fourth-order valence-corrected chi connectivity index (χ4v) is 3.57. The molecule has 136 valence electrons. The van der Waals surface area contributed by atoms with E-state index in [-0.39, 0.29) is 18.1 Å². The summed E-state index contributed by atoms with van der Waals surface area (Å²) in [6, 6.07) is 3.48. The van der Waals surface area contributed by atoms with E-state index in [1.165, 1.54) is 29.4 Å². The maximum Gasteiger partial charge on any atom is 0.236 e. The fourth-order valence-electron chi connectivity index (χ4n) is 2.10. The maximum atomic E-state index is 12.1. The molecule has 0 atom stereocenters. The van der Waals surface area contributed by atoms with E-state index in [4.69, 9.17) is 10.2 Å². The number of thiazole rings is 1. The van der Waals surface area contributed by atoms with E-state index in [1.807, 2.05) is 12.3 Å². The van der Waals surface area contributed by atoms with Crippen molar-refractivity contribution in [3.05, 3.63) is 29.5 Å². The molecule has 0 spiro atoms. The predicted molar refractivity (Wildman–Crippen MR) is 97.7 cm³/mol. The van der Waals surface area contributed by atoms with Gasteiger partial charge in [-0.15, -0.1) is 21.5 Å². The van der Waals surface area contributed by atoms with Crippen LogP contribution in [0.3, 0.4) is 0 Å². The van der Waals surface area contributed by atoms with Crippen molar-refractivity contribution in [3.63, 3.8) is 0 Å². The van der Waals surface area contributed by atoms with Crippen LogP contribution >= 0.6 is 23.1 Å². The molecule has 0 aliphatic heterocycles. The van der Waals surface area contributed by atoms with Gasteiger partial charge in [0.2, 0.25) is 11.8 Å². The Labute approximate surface area is 157 Å². The number of nitrogens with two attached hydrogens (primary N) is 1. The SMILES string of the molecule is Cc1csc(NC(=O)CSc2nnc(-c3ccco3)n2CCC(N)=O)n1. The first kappa shape index (κ1) is 18.1. The molecule has 3 heterocycles. The van der Waals surface area contributed by atoms with E-state index in [2.05, 4.69) is 20.5 Å². The van der Waals surface area contributed by atoms with E-state index < -0.39 is 5.91 Å². The largest absolute Gasteiger partial charge is 0.461 e. The molecule has 11 heteroatoms. The average molecular weight is 392 g/mol. The first-order valence-electron chi connectivity index (χ1n) is 7.63. The molecule has 3 aromatic rings. The summed E-state index contributed by atoms with van der Waals surface area (Å²) in [6.45, 7) is 2.16. The van der Waals surface area contributed by atoms with Gasteiger partial charge in [-0.25, -0.2) is 4.98 Å². The monoisotopic (exact) mass is 392 g/mol. The van der Waals surface area contributed by atoms with Crippen molar-refractivity contribution in [1.29, 1.82) is 0 Å². The zero-order valence-electron chi connectivity index (χ0n) is 13.8. The highest BCUT2D eigenvalue weighted by atomic mass is 32.2. The molecule has 0 radical (unpaired) electrons. The molecule has 0 aromatic carbocycles. The number of hydrogen-bond acceptors (Lipinski definition) is 8. The van der Waals surface area contributed by atoms with Crippen LogP contribution in [0.25, 0.3) is 11.6 Å². The van der Waals surface area contributed by atoms with Crippen molar-refractivity contribution in [1.82, 2.24) is 19.7 Å². The summed E-state index contributed by atoms with van der Waals surface area (Å²) in [4.78, 5) is 27.4. The van der Waals surface area contributed by atoms with Crippen molar-refractivity contribution in [3.8, 4) is 11.6 Å². The normalized spacial score (nSPS) is 10.8. The van der Waals surface area contributed by atoms with E-state index in [1.54, 1.807) is 16.7 Å². The van der Waals surface area contributed by atoms with Gasteiger partial charge < -0.3 is 15.5 Å². The highest BCUT2D eigenvalue weighted by Crippen LogP contribution is 2.25. The molecule has 0 fully saturated rings. The molecule has 2 amide bonds. The Bertz CT molecular complexity index is 903. The van der Waals surface area contributed by atoms with Gasteiger partial charge >= 0.3 is 0 Å². The zero-order valence-corrected chi connectivity index (χ0v) is 15.5. The molecule has 3 N–H and O–H groups in total. The highest BCUT2D eigenvalue weighted by Gasteiger charge is 2.18. The minimum atomic E-state index is -0.433. The second-order valence-electron chi connectivity index (χ2n) is 5.28. The molecular weight excluding hydrogens is 376 g/mol. The van der Waals surface area contributed by atoms with Crippen LogP contribution < -0.4 is 11.1 Å². The third kappa shape index (κ3) is 4.49. The molecule has 3 aromatic heterocycles. The van der Waals surface area contributed by atoms with Crippen molar-refractivity contribution >= 4 is 40.0 Å². The number of furan rings is 1. The molecular formula is C15H16N6O3S2. The topological polar surface area (TPSA) is 129 Å². The Hall–Kier alpha value is -2.66. The van der Waals surface area contributed by atoms with E-state index in [0.717, 1.165) is 5.69 Å². The van der Waals surface area contributed by atoms with Crippen LogP contribution in [-0.4, -0.2) is 37.3 Å². The van der Waals surface area contributed by atoms with Crippen LogP contribution in [-0.2, 0) is 16.1 Å². The first-order chi connectivity index (χ1) is 12.5. The summed E-state index contributed by atoms with van der Waals surface area (Å²) < 4.78 is 7.07. The fraction of sp³-hybridized carbons (Fsp3) is 0.267. The number of aryl methyl sites for hydroxylation is 1. The van der Waals surface area contributed by atoms with Crippen molar-refractivity contribution in [2.75, 3.05) is 11.1 Å². The number of aromatic nitrogens is 4. The van der Waals surface area contributed by atoms with Crippen molar-refractivity contribution in [2.45, 2.75) is 25.0 Å². The van der Waals surface area contributed by atoms with Crippen LogP contribution in [0.5, 0.6) is 0 Å². The van der Waals surface area contributed by atoms with Crippen LogP contribution in [0.4, 0.5) is 5.13 Å². The first-order valence-corrected chi connectivity index (χ1v) is 9.49. The lowest BCUT2D eigenvalue weighted by Crippen LogP contribution is -2.16. The van der Waals surface area contributed by atoms with Gasteiger partial charge in [-0.05, 0) is 19.1 Å². The number of amides is 2. The molecule has 9 nitrogen and oxygen atoms in total. The van der Waals surface area contributed by atoms with Crippen molar-refractivity contribution in [2.24, 2.45) is 5.73 Å². The van der Waals surface area contributed by atoms with Gasteiger partial charge in [0.15, 0.2) is 21.9 Å². The Morgan fingerprint density at radius 3 is 2.92 bits per heavy atom. The molecule has 26 heavy (non-hydrogen) atoms. The molecule has 0 aliphatic carbocycles. The number of thioether (sulfide) groups is 1. The molecule has 0 saturated heterocycles. The summed E-state index contributed by atoms with van der Waals surface area (Å²) >= 11 is 2.58. The van der Waals surface area contributed by atoms with E-state index in [0.29, 0.717) is 28.4 Å². The Kier molecular flexibility index (Phi) is 5.68. The average Bonchev–Trinajstić information content (AvgIpc) is 3.31. The standard InChI is InChI=1S/C15H16N6O3S2/c1-9-7-25-14(17-9)18-12(23)8-26-15-20-19-13(10-3-2-6-24-10)21(15)5-4-11(16)22/h2-3,6-7H,4-5,8H2,1H3,(H2,16,22)(H,17,18,23). The Morgan fingerprint density at radius 2 is 2.27 bits per heavy atom. The molecule has 0 aliphatic rings. The van der Waals surface area contributed by atoms with Gasteiger partial charge in [-0.3, -0.25) is 14.2 Å². The lowest BCUT2D eigenvalue weighted by molar-refractivity contribution is -0.118. The maximum absolute atomic E-state index is 12.1. The van der Waals surface area contributed by atoms with Gasteiger partial charge in [0.1, 0.15) is 0 Å². The number of rotatable bonds is 8. The van der Waals surface area contributed by atoms with Crippen molar-refractivity contribution < 1.29 is 14.0 Å². The summed E-state index contributed by atoms with van der Waals surface area (Å²) in [7, 11) is 0. The minimum Gasteiger partial charge on any atom is -0.461 e. The molecule has 0 unspecified atom stereocenters. The number of anilines is 1. The number of nitrogens with one attached hydrogen (secondary N) is 1. The lowest BCUT2D eigenvalue weighted by atomic mass is 10.3. The minimum absolute atomic E-state index is 0.129. The van der Waals surface area contributed by atoms with Gasteiger partial charge in [0.05, 0.1) is 17.7 Å². The number of primary amides is 1. The second-order valence-corrected chi connectivity index (χ2v) is 7.08. The Balaban J connectivity index is 1.70. The molecule has 0 saturated carbocycles. The summed E-state index contributed by atoms with van der Waals surface area (Å²) in [5.41, 5.74) is 6.10. The van der Waals surface area contributed by atoms with Gasteiger partial charge in [-0.1, -0.05) is 11.8 Å². The number of nitrogens with zero attached hydrogens (tertiary/aromatic N) is 4. The van der Waals surface area contributed by atoms with Crippen LogP contribution in [0.2, 0.25) is 0 Å². The van der Waals surface area contributed by atoms with E-state index in [9.17, 15) is 9.59 Å². The van der Waals surface area contributed by atoms with Gasteiger partial charge in [0.25, 0.3) is 0 Å². The molecule has 3 rings (SSSR count). The number of hydrogen-bond donors (Lipinski definition) is 2. The van der Waals surface area contributed by atoms with Crippen LogP contribution in [0.1, 0.15) is 12.1 Å². The van der Waals surface area contributed by atoms with Gasteiger partial charge in [-0.2, -0.15) is 0 Å². The third-order valence-electron chi connectivity index (χ3n) is 3.24. The van der Waals surface area contributed by atoms with Crippen LogP contribution in [0.15, 0.2) is 33.3 Å². The second kappa shape index (κ2) is 8.15. The molecule has 0 bridgehead atoms. The predicted octanol–water partition coefficient (Wildman–Crippen LogP) is 1.91. The summed E-state index contributed by atoms with van der Waals surface area (Å²) in [5, 5.41) is 13.9. The van der Waals surface area contributed by atoms with Crippen LogP contribution in [0, 0.1) is 6.92 Å². The summed E-state index contributed by atoms with van der Waals surface area (Å²) in [5.74, 6) is 0.502. The van der Waals surface area contributed by atoms with E-state index >= 15 is 0 Å². The number of carbonyl (C=O) groups is 2.